The molecule has 0 spiro atoms. The predicted octanol–water partition coefficient (Wildman–Crippen LogP) is 4.41. The Bertz CT molecular complexity index is 1080. The summed E-state index contributed by atoms with van der Waals surface area (Å²) in [6.45, 7) is 5.64. The molecule has 0 atom stereocenters. The van der Waals surface area contributed by atoms with Gasteiger partial charge in [-0.1, -0.05) is 0 Å². The topological polar surface area (TPSA) is 78.3 Å². The van der Waals surface area contributed by atoms with E-state index < -0.39 is 6.29 Å². The molecule has 0 fully saturated rings. The first-order chi connectivity index (χ1) is 13.7. The van der Waals surface area contributed by atoms with Gasteiger partial charge in [-0.05, 0) is 62.2 Å². The number of hydrogen-bond donors (Lipinski definition) is 1. The molecule has 2 aromatic heterocycles. The van der Waals surface area contributed by atoms with Gasteiger partial charge in [0.2, 0.25) is 0 Å². The Morgan fingerprint density at radius 1 is 1.17 bits per heavy atom. The molecule has 1 aliphatic heterocycles. The molecule has 0 unspecified atom stereocenters. The molecule has 1 aliphatic rings. The number of nitrogens with one attached hydrogen (secondary N) is 1. The molecule has 3 heterocycles. The number of benzene rings is 1. The maximum Gasteiger partial charge on any atom is 0.586 e. The summed E-state index contributed by atoms with van der Waals surface area (Å²) in [5.41, 5.74) is 2.52. The fourth-order valence-corrected chi connectivity index (χ4v) is 3.12. The number of halogens is 2. The lowest BCUT2D eigenvalue weighted by Gasteiger charge is -2.11. The average Bonchev–Trinajstić information content (AvgIpc) is 3.25. The van der Waals surface area contributed by atoms with E-state index in [0.717, 1.165) is 5.56 Å². The van der Waals surface area contributed by atoms with Crippen LogP contribution in [0.15, 0.2) is 42.7 Å². The van der Waals surface area contributed by atoms with Gasteiger partial charge < -0.3 is 14.8 Å². The predicted molar refractivity (Wildman–Crippen MR) is 101 cm³/mol. The zero-order valence-electron chi connectivity index (χ0n) is 15.9. The highest BCUT2D eigenvalue weighted by Gasteiger charge is 2.43. The van der Waals surface area contributed by atoms with Crippen molar-refractivity contribution >= 4 is 11.7 Å². The van der Waals surface area contributed by atoms with Crippen LogP contribution in [-0.4, -0.2) is 27.0 Å². The maximum absolute atomic E-state index is 13.3. The number of rotatable bonds is 4. The minimum absolute atomic E-state index is 0.00476. The Kier molecular flexibility index (Phi) is 4.45. The van der Waals surface area contributed by atoms with E-state index in [9.17, 15) is 13.6 Å². The Labute approximate surface area is 165 Å². The first kappa shape index (κ1) is 18.9. The summed E-state index contributed by atoms with van der Waals surface area (Å²) in [4.78, 5) is 16.7. The van der Waals surface area contributed by atoms with E-state index in [2.05, 4.69) is 24.9 Å². The van der Waals surface area contributed by atoms with Gasteiger partial charge in [0.05, 0.1) is 0 Å². The lowest BCUT2D eigenvalue weighted by atomic mass is 10.0. The summed E-state index contributed by atoms with van der Waals surface area (Å²) in [6.07, 6.45) is -0.544. The maximum atomic E-state index is 13.3. The van der Waals surface area contributed by atoms with Gasteiger partial charge >= 0.3 is 6.29 Å². The van der Waals surface area contributed by atoms with Gasteiger partial charge in [0, 0.05) is 24.0 Å². The van der Waals surface area contributed by atoms with E-state index in [4.69, 9.17) is 0 Å². The summed E-state index contributed by atoms with van der Waals surface area (Å²) >= 11 is 0. The number of ether oxygens (including phenoxy) is 2. The van der Waals surface area contributed by atoms with Gasteiger partial charge in [0.1, 0.15) is 11.5 Å². The van der Waals surface area contributed by atoms with Crippen molar-refractivity contribution in [1.82, 2.24) is 14.8 Å². The first-order valence-corrected chi connectivity index (χ1v) is 8.95. The second kappa shape index (κ2) is 6.84. The highest BCUT2D eigenvalue weighted by molar-refractivity contribution is 6.02. The number of carbonyl (C=O) groups excluding carboxylic acids is 1. The minimum Gasteiger partial charge on any atom is -0.395 e. The van der Waals surface area contributed by atoms with Crippen molar-refractivity contribution in [2.24, 2.45) is 0 Å². The zero-order valence-corrected chi connectivity index (χ0v) is 15.9. The van der Waals surface area contributed by atoms with Crippen molar-refractivity contribution in [1.29, 1.82) is 0 Å². The number of alkyl halides is 2. The van der Waals surface area contributed by atoms with E-state index in [1.54, 1.807) is 42.2 Å². The van der Waals surface area contributed by atoms with Crippen molar-refractivity contribution in [3.63, 3.8) is 0 Å². The molecule has 29 heavy (non-hydrogen) atoms. The standard InChI is InChI=1S/C20H18F2N4O3/c1-11(2)26-15(6-7-24-26)19(27)25-18-5-4-13(10-23-18)14-9-17-16(8-12(14)3)28-20(21,22)29-17/h4-11H,1-3H3,(H,23,25,27). The quantitative estimate of drug-likeness (QED) is 0.702. The van der Waals surface area contributed by atoms with Crippen LogP contribution in [0.4, 0.5) is 14.6 Å². The first-order valence-electron chi connectivity index (χ1n) is 8.95. The summed E-state index contributed by atoms with van der Waals surface area (Å²) in [5, 5.41) is 6.87. The normalized spacial score (nSPS) is 14.3. The largest absolute Gasteiger partial charge is 0.586 e. The molecule has 0 bridgehead atoms. The molecule has 150 valence electrons. The molecule has 4 rings (SSSR count). The number of anilines is 1. The van der Waals surface area contributed by atoms with Crippen LogP contribution in [0.1, 0.15) is 35.9 Å². The molecule has 1 aromatic carbocycles. The third-order valence-electron chi connectivity index (χ3n) is 4.46. The third-order valence-corrected chi connectivity index (χ3v) is 4.46. The second-order valence-corrected chi connectivity index (χ2v) is 6.92. The highest BCUT2D eigenvalue weighted by atomic mass is 19.3. The Balaban J connectivity index is 1.55. The minimum atomic E-state index is -3.66. The summed E-state index contributed by atoms with van der Waals surface area (Å²) in [7, 11) is 0. The summed E-state index contributed by atoms with van der Waals surface area (Å²) in [6, 6.07) is 8.04. The van der Waals surface area contributed by atoms with Crippen LogP contribution >= 0.6 is 0 Å². The van der Waals surface area contributed by atoms with Crippen molar-refractivity contribution in [3.05, 3.63) is 54.0 Å². The molecule has 0 saturated carbocycles. The van der Waals surface area contributed by atoms with E-state index in [0.29, 0.717) is 22.6 Å². The second-order valence-electron chi connectivity index (χ2n) is 6.92. The van der Waals surface area contributed by atoms with Gasteiger partial charge in [0.25, 0.3) is 5.91 Å². The van der Waals surface area contributed by atoms with Crippen molar-refractivity contribution in [3.8, 4) is 22.6 Å². The lowest BCUT2D eigenvalue weighted by molar-refractivity contribution is -0.286. The van der Waals surface area contributed by atoms with Gasteiger partial charge in [-0.15, -0.1) is 8.78 Å². The van der Waals surface area contributed by atoms with Crippen molar-refractivity contribution < 1.29 is 23.0 Å². The molecule has 0 saturated heterocycles. The Morgan fingerprint density at radius 2 is 1.90 bits per heavy atom. The van der Waals surface area contributed by atoms with E-state index in [1.807, 2.05) is 13.8 Å². The number of carbonyl (C=O) groups is 1. The van der Waals surface area contributed by atoms with Gasteiger partial charge in [-0.25, -0.2) is 4.98 Å². The Hall–Kier alpha value is -3.49. The summed E-state index contributed by atoms with van der Waals surface area (Å²) in [5.74, 6) is 0.00270. The summed E-state index contributed by atoms with van der Waals surface area (Å²) < 4.78 is 37.1. The van der Waals surface area contributed by atoms with E-state index in [1.165, 1.54) is 12.1 Å². The molecule has 7 nitrogen and oxygen atoms in total. The van der Waals surface area contributed by atoms with Crippen molar-refractivity contribution in [2.45, 2.75) is 33.1 Å². The fraction of sp³-hybridized carbons (Fsp3) is 0.250. The molecular formula is C20H18F2N4O3. The smallest absolute Gasteiger partial charge is 0.395 e. The van der Waals surface area contributed by atoms with Crippen LogP contribution in [0.25, 0.3) is 11.1 Å². The molecule has 9 heteroatoms. The SMILES string of the molecule is Cc1cc2c(cc1-c1ccc(NC(=O)c3ccnn3C(C)C)nc1)OC(F)(F)O2. The van der Waals surface area contributed by atoms with Crippen molar-refractivity contribution in [2.75, 3.05) is 5.32 Å². The lowest BCUT2D eigenvalue weighted by Crippen LogP contribution is -2.25. The molecule has 0 radical (unpaired) electrons. The number of aryl methyl sites for hydroxylation is 1. The average molecular weight is 400 g/mol. The number of nitrogens with zero attached hydrogens (tertiary/aromatic N) is 3. The number of hydrogen-bond acceptors (Lipinski definition) is 5. The third kappa shape index (κ3) is 3.63. The van der Waals surface area contributed by atoms with E-state index in [-0.39, 0.29) is 23.4 Å². The van der Waals surface area contributed by atoms with Gasteiger partial charge in [-0.3, -0.25) is 9.48 Å². The number of pyridine rings is 1. The van der Waals surface area contributed by atoms with Crippen LogP contribution in [0.2, 0.25) is 0 Å². The van der Waals surface area contributed by atoms with Crippen LogP contribution < -0.4 is 14.8 Å². The fourth-order valence-electron chi connectivity index (χ4n) is 3.12. The van der Waals surface area contributed by atoms with Crippen LogP contribution in [-0.2, 0) is 0 Å². The van der Waals surface area contributed by atoms with Gasteiger partial charge in [-0.2, -0.15) is 5.10 Å². The van der Waals surface area contributed by atoms with Crippen LogP contribution in [0, 0.1) is 6.92 Å². The molecule has 1 amide bonds. The highest BCUT2D eigenvalue weighted by Crippen LogP contribution is 2.44. The number of amides is 1. The monoisotopic (exact) mass is 400 g/mol. The molecular weight excluding hydrogens is 382 g/mol. The molecule has 3 aromatic rings. The van der Waals surface area contributed by atoms with Crippen LogP contribution in [0.5, 0.6) is 11.5 Å². The van der Waals surface area contributed by atoms with E-state index >= 15 is 0 Å². The van der Waals surface area contributed by atoms with Gasteiger partial charge in [0.15, 0.2) is 11.5 Å². The zero-order chi connectivity index (χ0) is 20.8. The number of aromatic nitrogens is 3. The molecule has 1 N–H and O–H groups in total. The number of fused-ring (bicyclic) bond motifs is 1. The van der Waals surface area contributed by atoms with Crippen LogP contribution in [0.3, 0.4) is 0 Å². The Morgan fingerprint density at radius 3 is 2.55 bits per heavy atom. The molecule has 0 aliphatic carbocycles.